The van der Waals surface area contributed by atoms with E-state index in [-0.39, 0.29) is 11.9 Å². The fourth-order valence-corrected chi connectivity index (χ4v) is 2.07. The molecule has 1 N–H and O–H groups in total. The number of benzene rings is 2. The number of amides is 1. The van der Waals surface area contributed by atoms with Crippen LogP contribution >= 0.6 is 0 Å². The number of nitrogens with zero attached hydrogens (tertiary/aromatic N) is 4. The van der Waals surface area contributed by atoms with Crippen LogP contribution in [0.5, 0.6) is 5.75 Å². The third-order valence-electron chi connectivity index (χ3n) is 3.31. The van der Waals surface area contributed by atoms with Crippen molar-refractivity contribution < 1.29 is 9.53 Å². The molecule has 2 aromatic carbocycles. The molecule has 0 bridgehead atoms. The van der Waals surface area contributed by atoms with Crippen molar-refractivity contribution in [3.05, 3.63) is 65.7 Å². The van der Waals surface area contributed by atoms with Gasteiger partial charge in [0.1, 0.15) is 12.4 Å². The standard InChI is InChI=1S/C17H17N5O2/c1-2-22-20-17(19-21-22)18-16(23)14-9-6-10-15(11-14)24-12-13-7-4-3-5-8-13/h3-11H,2,12H2,1H3,(H,18,20,23). The average molecular weight is 323 g/mol. The topological polar surface area (TPSA) is 81.9 Å². The van der Waals surface area contributed by atoms with E-state index in [1.165, 1.54) is 4.80 Å². The Balaban J connectivity index is 1.64. The zero-order valence-electron chi connectivity index (χ0n) is 13.2. The van der Waals surface area contributed by atoms with Gasteiger partial charge in [-0.05, 0) is 35.9 Å². The molecule has 3 aromatic rings. The van der Waals surface area contributed by atoms with Crippen molar-refractivity contribution in [2.45, 2.75) is 20.1 Å². The fraction of sp³-hybridized carbons (Fsp3) is 0.176. The van der Waals surface area contributed by atoms with E-state index in [0.29, 0.717) is 24.5 Å². The quantitative estimate of drug-likeness (QED) is 0.754. The first-order valence-electron chi connectivity index (χ1n) is 7.60. The SMILES string of the molecule is CCn1nnc(NC(=O)c2cccc(OCc3ccccc3)c2)n1. The minimum absolute atomic E-state index is 0.178. The average Bonchev–Trinajstić information content (AvgIpc) is 3.09. The Morgan fingerprint density at radius 1 is 1.17 bits per heavy atom. The van der Waals surface area contributed by atoms with Crippen molar-refractivity contribution in [1.82, 2.24) is 20.2 Å². The van der Waals surface area contributed by atoms with Gasteiger partial charge in [-0.2, -0.15) is 4.80 Å². The molecule has 0 spiro atoms. The first-order chi connectivity index (χ1) is 11.7. The van der Waals surface area contributed by atoms with Crippen LogP contribution < -0.4 is 10.1 Å². The van der Waals surface area contributed by atoms with Crippen LogP contribution in [0.4, 0.5) is 5.95 Å². The number of carbonyl (C=O) groups is 1. The van der Waals surface area contributed by atoms with Crippen LogP contribution in [0.1, 0.15) is 22.8 Å². The van der Waals surface area contributed by atoms with Gasteiger partial charge in [-0.15, -0.1) is 5.10 Å². The summed E-state index contributed by atoms with van der Waals surface area (Å²) < 4.78 is 5.73. The molecule has 0 unspecified atom stereocenters. The Bertz CT molecular complexity index is 817. The third kappa shape index (κ3) is 3.95. The maximum atomic E-state index is 12.3. The molecule has 122 valence electrons. The number of anilines is 1. The molecule has 1 heterocycles. The van der Waals surface area contributed by atoms with E-state index in [0.717, 1.165) is 5.56 Å². The van der Waals surface area contributed by atoms with E-state index in [1.54, 1.807) is 18.2 Å². The Kier molecular flexibility index (Phi) is 4.81. The predicted octanol–water partition coefficient (Wildman–Crippen LogP) is 2.52. The van der Waals surface area contributed by atoms with Gasteiger partial charge in [0.05, 0.1) is 6.54 Å². The summed E-state index contributed by atoms with van der Waals surface area (Å²) in [5.74, 6) is 0.491. The Morgan fingerprint density at radius 3 is 2.75 bits per heavy atom. The number of rotatable bonds is 6. The zero-order chi connectivity index (χ0) is 16.8. The number of carbonyl (C=O) groups excluding carboxylic acids is 1. The second-order valence-corrected chi connectivity index (χ2v) is 5.06. The molecule has 1 aromatic heterocycles. The van der Waals surface area contributed by atoms with E-state index in [1.807, 2.05) is 43.3 Å². The third-order valence-corrected chi connectivity index (χ3v) is 3.31. The Hall–Kier alpha value is -3.22. The van der Waals surface area contributed by atoms with Crippen molar-refractivity contribution in [1.29, 1.82) is 0 Å². The maximum absolute atomic E-state index is 12.3. The lowest BCUT2D eigenvalue weighted by atomic mass is 10.2. The molecule has 0 aliphatic heterocycles. The Labute approximate surface area is 139 Å². The van der Waals surface area contributed by atoms with Gasteiger partial charge in [-0.25, -0.2) is 0 Å². The summed E-state index contributed by atoms with van der Waals surface area (Å²) in [6.07, 6.45) is 0. The summed E-state index contributed by atoms with van der Waals surface area (Å²) >= 11 is 0. The van der Waals surface area contributed by atoms with E-state index < -0.39 is 0 Å². The highest BCUT2D eigenvalue weighted by Gasteiger charge is 2.10. The highest BCUT2D eigenvalue weighted by Crippen LogP contribution is 2.16. The minimum Gasteiger partial charge on any atom is -0.489 e. The van der Waals surface area contributed by atoms with Gasteiger partial charge in [-0.1, -0.05) is 41.5 Å². The lowest BCUT2D eigenvalue weighted by Gasteiger charge is -2.08. The molecule has 24 heavy (non-hydrogen) atoms. The number of ether oxygens (including phenoxy) is 1. The number of tetrazole rings is 1. The van der Waals surface area contributed by atoms with Crippen LogP contribution in [-0.2, 0) is 13.2 Å². The summed E-state index contributed by atoms with van der Waals surface area (Å²) in [7, 11) is 0. The van der Waals surface area contributed by atoms with Crippen LogP contribution in [-0.4, -0.2) is 26.1 Å². The van der Waals surface area contributed by atoms with Crippen LogP contribution in [0.15, 0.2) is 54.6 Å². The van der Waals surface area contributed by atoms with Crippen LogP contribution in [0.2, 0.25) is 0 Å². The van der Waals surface area contributed by atoms with Gasteiger partial charge in [0.2, 0.25) is 0 Å². The highest BCUT2D eigenvalue weighted by molar-refractivity contribution is 6.03. The fourth-order valence-electron chi connectivity index (χ4n) is 2.07. The van der Waals surface area contributed by atoms with Crippen molar-refractivity contribution >= 4 is 11.9 Å². The molecule has 0 aliphatic carbocycles. The first kappa shape index (κ1) is 15.7. The van der Waals surface area contributed by atoms with E-state index >= 15 is 0 Å². The van der Waals surface area contributed by atoms with Crippen LogP contribution in [0, 0.1) is 0 Å². The number of aromatic nitrogens is 4. The minimum atomic E-state index is -0.309. The summed E-state index contributed by atoms with van der Waals surface area (Å²) in [5.41, 5.74) is 1.53. The van der Waals surface area contributed by atoms with E-state index in [9.17, 15) is 4.79 Å². The molecule has 0 atom stereocenters. The number of hydrogen-bond donors (Lipinski definition) is 1. The number of nitrogens with one attached hydrogen (secondary N) is 1. The second kappa shape index (κ2) is 7.36. The monoisotopic (exact) mass is 323 g/mol. The summed E-state index contributed by atoms with van der Waals surface area (Å²) in [4.78, 5) is 13.7. The summed E-state index contributed by atoms with van der Waals surface area (Å²) in [5, 5.41) is 14.2. The van der Waals surface area contributed by atoms with Crippen molar-refractivity contribution in [3.63, 3.8) is 0 Å². The van der Waals surface area contributed by atoms with Gasteiger partial charge in [0.25, 0.3) is 11.9 Å². The van der Waals surface area contributed by atoms with Gasteiger partial charge in [0.15, 0.2) is 0 Å². The predicted molar refractivity (Wildman–Crippen MR) is 88.7 cm³/mol. The van der Waals surface area contributed by atoms with Gasteiger partial charge >= 0.3 is 0 Å². The molecular weight excluding hydrogens is 306 g/mol. The summed E-state index contributed by atoms with van der Waals surface area (Å²) in [6, 6.07) is 16.8. The Morgan fingerprint density at radius 2 is 2.00 bits per heavy atom. The molecule has 0 fully saturated rings. The van der Waals surface area contributed by atoms with Gasteiger partial charge in [-0.3, -0.25) is 10.1 Å². The second-order valence-electron chi connectivity index (χ2n) is 5.06. The molecule has 0 aliphatic rings. The zero-order valence-corrected chi connectivity index (χ0v) is 13.2. The highest BCUT2D eigenvalue weighted by atomic mass is 16.5. The largest absolute Gasteiger partial charge is 0.489 e. The van der Waals surface area contributed by atoms with E-state index in [4.69, 9.17) is 4.74 Å². The normalized spacial score (nSPS) is 10.4. The van der Waals surface area contributed by atoms with Gasteiger partial charge in [0, 0.05) is 5.56 Å². The van der Waals surface area contributed by atoms with Crippen LogP contribution in [0.3, 0.4) is 0 Å². The van der Waals surface area contributed by atoms with Crippen LogP contribution in [0.25, 0.3) is 0 Å². The lowest BCUT2D eigenvalue weighted by molar-refractivity contribution is 0.102. The molecule has 7 nitrogen and oxygen atoms in total. The van der Waals surface area contributed by atoms with Gasteiger partial charge < -0.3 is 4.74 Å². The molecule has 0 radical (unpaired) electrons. The maximum Gasteiger partial charge on any atom is 0.270 e. The number of aryl methyl sites for hydroxylation is 1. The molecule has 0 saturated heterocycles. The number of hydrogen-bond acceptors (Lipinski definition) is 5. The molecule has 0 saturated carbocycles. The summed E-state index contributed by atoms with van der Waals surface area (Å²) in [6.45, 7) is 2.92. The smallest absolute Gasteiger partial charge is 0.270 e. The van der Waals surface area contributed by atoms with Crippen molar-refractivity contribution in [2.75, 3.05) is 5.32 Å². The molecule has 7 heteroatoms. The van der Waals surface area contributed by atoms with Crippen molar-refractivity contribution in [3.8, 4) is 5.75 Å². The van der Waals surface area contributed by atoms with Crippen molar-refractivity contribution in [2.24, 2.45) is 0 Å². The first-order valence-corrected chi connectivity index (χ1v) is 7.60. The molecule has 1 amide bonds. The van der Waals surface area contributed by atoms with E-state index in [2.05, 4.69) is 20.7 Å². The molecule has 3 rings (SSSR count). The lowest BCUT2D eigenvalue weighted by Crippen LogP contribution is -2.13. The molecular formula is C17H17N5O2.